The van der Waals surface area contributed by atoms with Gasteiger partial charge in [-0.1, -0.05) is 78.9 Å². The molecule has 4 nitrogen and oxygen atoms in total. The van der Waals surface area contributed by atoms with Crippen molar-refractivity contribution in [3.63, 3.8) is 0 Å². The zero-order chi connectivity index (χ0) is 21.1. The van der Waals surface area contributed by atoms with Crippen LogP contribution in [0.15, 0.2) is 95.4 Å². The van der Waals surface area contributed by atoms with Crippen molar-refractivity contribution in [2.45, 2.75) is 0 Å². The van der Waals surface area contributed by atoms with E-state index in [-0.39, 0.29) is 16.7 Å². The molecule has 0 saturated heterocycles. The van der Waals surface area contributed by atoms with Crippen LogP contribution >= 0.6 is 0 Å². The number of hydrogen-bond donors (Lipinski definition) is 0. The average molecular weight is 390 g/mol. The third-order valence-electron chi connectivity index (χ3n) is 5.65. The highest BCUT2D eigenvalue weighted by Gasteiger charge is 2.28. The maximum Gasteiger partial charge on any atom is 0.289 e. The van der Waals surface area contributed by atoms with Crippen molar-refractivity contribution >= 4 is 49.2 Å². The summed E-state index contributed by atoms with van der Waals surface area (Å²) < 4.78 is 14.3. The molecule has 4 heteroatoms. The Hall–Kier alpha value is -4.18. The Bertz CT molecular complexity index is 1680. The molecule has 0 fully saturated rings. The van der Waals surface area contributed by atoms with Crippen LogP contribution in [0.25, 0.3) is 54.6 Å². The first-order valence-corrected chi connectivity index (χ1v) is 9.63. The van der Waals surface area contributed by atoms with Gasteiger partial charge in [0, 0.05) is 16.2 Å². The molecule has 0 aliphatic carbocycles. The van der Waals surface area contributed by atoms with E-state index in [4.69, 9.17) is 5.79 Å². The van der Waals surface area contributed by atoms with Crippen molar-refractivity contribution in [1.82, 2.24) is 0 Å². The standard InChI is InChI=1S/C26H15NO3/c28-27(29)25-23(18-14-13-16-7-1-2-8-17(16)15-18)19-9-3-4-10-20(19)26-24(25)21-11-5-6-12-22(21)30-26/h1-15H/i12D. The number of furan rings is 1. The Morgan fingerprint density at radius 1 is 0.800 bits per heavy atom. The van der Waals surface area contributed by atoms with Crippen LogP contribution in [0.3, 0.4) is 0 Å². The van der Waals surface area contributed by atoms with Crippen LogP contribution in [0.5, 0.6) is 0 Å². The zero-order valence-corrected chi connectivity index (χ0v) is 15.8. The summed E-state index contributed by atoms with van der Waals surface area (Å²) in [6, 6.07) is 26.8. The van der Waals surface area contributed by atoms with Gasteiger partial charge < -0.3 is 4.42 Å². The number of nitro benzene ring substituents is 1. The molecule has 0 spiro atoms. The second-order valence-corrected chi connectivity index (χ2v) is 7.31. The highest BCUT2D eigenvalue weighted by atomic mass is 16.6. The molecular weight excluding hydrogens is 374 g/mol. The van der Waals surface area contributed by atoms with Crippen molar-refractivity contribution in [1.29, 1.82) is 0 Å². The summed E-state index contributed by atoms with van der Waals surface area (Å²) in [5.41, 5.74) is 2.16. The van der Waals surface area contributed by atoms with Crippen LogP contribution in [0.2, 0.25) is 0 Å². The first-order chi connectivity index (χ1) is 15.1. The Labute approximate surface area is 172 Å². The molecule has 0 N–H and O–H groups in total. The summed E-state index contributed by atoms with van der Waals surface area (Å²) >= 11 is 0. The van der Waals surface area contributed by atoms with Crippen molar-refractivity contribution < 1.29 is 10.7 Å². The highest BCUT2D eigenvalue weighted by molar-refractivity contribution is 6.24. The van der Waals surface area contributed by atoms with Crippen molar-refractivity contribution in [3.8, 4) is 11.1 Å². The smallest absolute Gasteiger partial charge is 0.289 e. The lowest BCUT2D eigenvalue weighted by molar-refractivity contribution is -0.382. The van der Waals surface area contributed by atoms with Gasteiger partial charge in [-0.15, -0.1) is 0 Å². The first-order valence-electron chi connectivity index (χ1n) is 10.1. The Morgan fingerprint density at radius 2 is 1.50 bits per heavy atom. The van der Waals surface area contributed by atoms with Crippen LogP contribution in [-0.4, -0.2) is 4.92 Å². The molecule has 1 aromatic heterocycles. The zero-order valence-electron chi connectivity index (χ0n) is 16.8. The van der Waals surface area contributed by atoms with Gasteiger partial charge in [0.25, 0.3) is 5.69 Å². The molecule has 142 valence electrons. The number of nitrogens with zero attached hydrogens (tertiary/aromatic N) is 1. The second-order valence-electron chi connectivity index (χ2n) is 7.31. The number of hydrogen-bond acceptors (Lipinski definition) is 3. The van der Waals surface area contributed by atoms with E-state index in [1.54, 1.807) is 18.2 Å². The van der Waals surface area contributed by atoms with Crippen molar-refractivity contribution in [2.75, 3.05) is 0 Å². The number of benzene rings is 5. The minimum Gasteiger partial charge on any atom is -0.455 e. The quantitative estimate of drug-likeness (QED) is 0.228. The summed E-state index contributed by atoms with van der Waals surface area (Å²) in [5.74, 6) is 0. The van der Waals surface area contributed by atoms with E-state index in [2.05, 4.69) is 0 Å². The molecule has 0 aliphatic rings. The fourth-order valence-corrected chi connectivity index (χ4v) is 4.37. The van der Waals surface area contributed by atoms with E-state index in [9.17, 15) is 10.1 Å². The molecule has 0 unspecified atom stereocenters. The van der Waals surface area contributed by atoms with E-state index in [1.807, 2.05) is 66.7 Å². The van der Waals surface area contributed by atoms with Crippen LogP contribution in [0, 0.1) is 10.1 Å². The molecule has 6 aromatic rings. The average Bonchev–Trinajstić information content (AvgIpc) is 3.19. The summed E-state index contributed by atoms with van der Waals surface area (Å²) in [6.07, 6.45) is 0. The van der Waals surface area contributed by atoms with E-state index in [0.717, 1.165) is 27.1 Å². The van der Waals surface area contributed by atoms with Crippen LogP contribution < -0.4 is 0 Å². The van der Waals surface area contributed by atoms with Gasteiger partial charge in [0.1, 0.15) is 16.6 Å². The van der Waals surface area contributed by atoms with E-state index < -0.39 is 0 Å². The minimum absolute atomic E-state index is 0.00771. The molecule has 6 rings (SSSR count). The van der Waals surface area contributed by atoms with Gasteiger partial charge in [-0.25, -0.2) is 0 Å². The third kappa shape index (κ3) is 2.28. The Morgan fingerprint density at radius 3 is 2.33 bits per heavy atom. The molecule has 0 aliphatic heterocycles. The normalized spacial score (nSPS) is 12.1. The largest absolute Gasteiger partial charge is 0.455 e. The predicted octanol–water partition coefficient (Wildman–Crippen LogP) is 7.47. The van der Waals surface area contributed by atoms with Crippen LogP contribution in [-0.2, 0) is 0 Å². The Balaban J connectivity index is 1.88. The van der Waals surface area contributed by atoms with Gasteiger partial charge in [0.05, 0.1) is 11.9 Å². The molecule has 5 aromatic carbocycles. The van der Waals surface area contributed by atoms with Gasteiger partial charge in [-0.3, -0.25) is 10.1 Å². The van der Waals surface area contributed by atoms with E-state index in [1.165, 1.54) is 0 Å². The molecule has 0 bridgehead atoms. The fourth-order valence-electron chi connectivity index (χ4n) is 4.37. The van der Waals surface area contributed by atoms with Crippen LogP contribution in [0.1, 0.15) is 1.37 Å². The molecular formula is C26H15NO3. The summed E-state index contributed by atoms with van der Waals surface area (Å²) in [5, 5.41) is 17.1. The maximum absolute atomic E-state index is 12.5. The molecule has 0 radical (unpaired) electrons. The lowest BCUT2D eigenvalue weighted by Crippen LogP contribution is -1.95. The van der Waals surface area contributed by atoms with Gasteiger partial charge in [-0.2, -0.15) is 0 Å². The van der Waals surface area contributed by atoms with Gasteiger partial charge in [0.15, 0.2) is 0 Å². The molecule has 0 saturated carbocycles. The number of nitro groups is 1. The first kappa shape index (κ1) is 15.7. The van der Waals surface area contributed by atoms with Gasteiger partial charge >= 0.3 is 0 Å². The summed E-state index contributed by atoms with van der Waals surface area (Å²) in [7, 11) is 0. The molecule has 0 amide bonds. The summed E-state index contributed by atoms with van der Waals surface area (Å²) in [4.78, 5) is 12.1. The monoisotopic (exact) mass is 390 g/mol. The maximum atomic E-state index is 12.5. The molecule has 1 heterocycles. The highest BCUT2D eigenvalue weighted by Crippen LogP contribution is 2.47. The van der Waals surface area contributed by atoms with Crippen LogP contribution in [0.4, 0.5) is 5.69 Å². The number of para-hydroxylation sites is 1. The fraction of sp³-hybridized carbons (Fsp3) is 0. The minimum atomic E-state index is -0.328. The topological polar surface area (TPSA) is 56.3 Å². The van der Waals surface area contributed by atoms with E-state index in [0.29, 0.717) is 27.5 Å². The van der Waals surface area contributed by atoms with E-state index >= 15 is 0 Å². The molecule has 0 atom stereocenters. The SMILES string of the molecule is [2H]c1cccc2c1oc1c3ccccc3c(-c3ccc4ccccc4c3)c([N+](=O)[O-])c21. The van der Waals surface area contributed by atoms with Gasteiger partial charge in [-0.05, 0) is 28.4 Å². The van der Waals surface area contributed by atoms with Crippen molar-refractivity contribution in [3.05, 3.63) is 101 Å². The van der Waals surface area contributed by atoms with Gasteiger partial charge in [0.2, 0.25) is 0 Å². The number of rotatable bonds is 2. The third-order valence-corrected chi connectivity index (χ3v) is 5.65. The van der Waals surface area contributed by atoms with Crippen molar-refractivity contribution in [2.24, 2.45) is 0 Å². The Kier molecular flexibility index (Phi) is 3.22. The summed E-state index contributed by atoms with van der Waals surface area (Å²) in [6.45, 7) is 0. The second kappa shape index (κ2) is 6.16. The lowest BCUT2D eigenvalue weighted by atomic mass is 9.92. The lowest BCUT2D eigenvalue weighted by Gasteiger charge is -2.11. The number of fused-ring (bicyclic) bond motifs is 6. The molecule has 30 heavy (non-hydrogen) atoms. The predicted molar refractivity (Wildman–Crippen MR) is 121 cm³/mol.